The third-order valence-electron chi connectivity index (χ3n) is 6.86. The van der Waals surface area contributed by atoms with E-state index in [4.69, 9.17) is 23.3 Å². The highest BCUT2D eigenvalue weighted by atomic mass is 31.2. The molecule has 0 aliphatic heterocycles. The van der Waals surface area contributed by atoms with E-state index in [2.05, 4.69) is 6.92 Å². The van der Waals surface area contributed by atoms with Gasteiger partial charge in [0.05, 0.1) is 34.4 Å². The Bertz CT molecular complexity index is 560. The second-order valence-corrected chi connectivity index (χ2v) is 13.0. The molecule has 0 aromatic rings. The molecular weight excluding hydrogens is 505 g/mol. The van der Waals surface area contributed by atoms with Gasteiger partial charge in [0.2, 0.25) is 0 Å². The van der Waals surface area contributed by atoms with Gasteiger partial charge in [0, 0.05) is 20.8 Å². The Hall–Kier alpha value is -0.0500. The summed E-state index contributed by atoms with van der Waals surface area (Å²) >= 11 is 0. The van der Waals surface area contributed by atoms with Crippen LogP contribution in [0.2, 0.25) is 0 Å². The number of unbranched alkanes of at least 4 members (excludes halogenated alkanes) is 15. The van der Waals surface area contributed by atoms with Gasteiger partial charge >= 0.3 is 7.82 Å². The lowest BCUT2D eigenvalue weighted by molar-refractivity contribution is -0.870. The van der Waals surface area contributed by atoms with E-state index in [9.17, 15) is 9.46 Å². The Morgan fingerprint density at radius 2 is 1.05 bits per heavy atom. The van der Waals surface area contributed by atoms with Gasteiger partial charge in [-0.2, -0.15) is 0 Å². The first-order valence-corrected chi connectivity index (χ1v) is 16.7. The number of ether oxygens (including phenoxy) is 3. The maximum atomic E-state index is 12.1. The molecule has 3 unspecified atom stereocenters. The van der Waals surface area contributed by atoms with Crippen molar-refractivity contribution in [2.24, 2.45) is 0 Å². The molecule has 8 nitrogen and oxygen atoms in total. The van der Waals surface area contributed by atoms with Crippen LogP contribution in [0.3, 0.4) is 0 Å². The van der Waals surface area contributed by atoms with Crippen LogP contribution in [0.1, 0.15) is 110 Å². The molecule has 0 saturated carbocycles. The van der Waals surface area contributed by atoms with E-state index in [-0.39, 0.29) is 13.2 Å². The summed E-state index contributed by atoms with van der Waals surface area (Å²) in [6, 6.07) is 0. The lowest BCUT2D eigenvalue weighted by atomic mass is 10.0. The molecule has 0 spiro atoms. The van der Waals surface area contributed by atoms with Crippen LogP contribution in [0, 0.1) is 0 Å². The van der Waals surface area contributed by atoms with Crippen LogP contribution in [-0.4, -0.2) is 89.9 Å². The van der Waals surface area contributed by atoms with Crippen LogP contribution in [0.15, 0.2) is 0 Å². The highest BCUT2D eigenvalue weighted by Gasteiger charge is 2.28. The zero-order valence-corrected chi connectivity index (χ0v) is 26.7. The monoisotopic (exact) mass is 568 g/mol. The van der Waals surface area contributed by atoms with Gasteiger partial charge in [0.15, 0.2) is 0 Å². The van der Waals surface area contributed by atoms with Crippen molar-refractivity contribution in [3.8, 4) is 0 Å². The number of methoxy groups -OCH3 is 2. The molecule has 0 aromatic carbocycles. The number of phosphoric ester groups is 1. The minimum Gasteiger partial charge on any atom is -0.379 e. The molecule has 0 radical (unpaired) electrons. The molecule has 3 atom stereocenters. The summed E-state index contributed by atoms with van der Waals surface area (Å²) in [5.41, 5.74) is 0. The third-order valence-corrected chi connectivity index (χ3v) is 7.85. The number of quaternary nitrogens is 1. The van der Waals surface area contributed by atoms with Gasteiger partial charge in [-0.3, -0.25) is 9.05 Å². The van der Waals surface area contributed by atoms with Crippen molar-refractivity contribution in [1.29, 1.82) is 0 Å². The van der Waals surface area contributed by atoms with Gasteiger partial charge in [-0.15, -0.1) is 0 Å². The predicted molar refractivity (Wildman–Crippen MR) is 157 cm³/mol. The summed E-state index contributed by atoms with van der Waals surface area (Å²) in [4.78, 5) is 9.93. The van der Waals surface area contributed by atoms with Crippen molar-refractivity contribution in [2.75, 3.05) is 68.3 Å². The number of phosphoric acid groups is 1. The van der Waals surface area contributed by atoms with Gasteiger partial charge < -0.3 is 23.6 Å². The average molecular weight is 569 g/mol. The molecule has 0 aliphatic carbocycles. The molecule has 0 amide bonds. The summed E-state index contributed by atoms with van der Waals surface area (Å²) in [5.74, 6) is 0. The Labute approximate surface area is 235 Å². The molecule has 38 heavy (non-hydrogen) atoms. The van der Waals surface area contributed by atoms with Crippen LogP contribution in [0.25, 0.3) is 0 Å². The standard InChI is InChI=1S/C29H62NO7P/c1-7-8-9-10-11-12-13-14-15-16-17-18-19-20-21-22-24-35-26-28(33-5)29(34-6)27-37-38(31,32)36-25-23-30(2,3)4/h28-29H,7-27H2,1-6H3/p+1. The molecule has 230 valence electrons. The van der Waals surface area contributed by atoms with Crippen molar-refractivity contribution in [1.82, 2.24) is 0 Å². The van der Waals surface area contributed by atoms with E-state index in [1.54, 1.807) is 7.11 Å². The molecule has 0 fully saturated rings. The fraction of sp³-hybridized carbons (Fsp3) is 1.00. The summed E-state index contributed by atoms with van der Waals surface area (Å²) in [7, 11) is 4.90. The van der Waals surface area contributed by atoms with E-state index in [1.165, 1.54) is 103 Å². The van der Waals surface area contributed by atoms with Crippen LogP contribution in [0.4, 0.5) is 0 Å². The van der Waals surface area contributed by atoms with Crippen molar-refractivity contribution >= 4 is 7.82 Å². The summed E-state index contributed by atoms with van der Waals surface area (Å²) in [5, 5.41) is 0. The lowest BCUT2D eigenvalue weighted by Crippen LogP contribution is -2.38. The third kappa shape index (κ3) is 25.0. The van der Waals surface area contributed by atoms with E-state index in [1.807, 2.05) is 21.1 Å². The lowest BCUT2D eigenvalue weighted by Gasteiger charge is -2.26. The average Bonchev–Trinajstić information content (AvgIpc) is 2.86. The summed E-state index contributed by atoms with van der Waals surface area (Å²) in [6.07, 6.45) is 20.6. The van der Waals surface area contributed by atoms with Gasteiger partial charge in [0.25, 0.3) is 0 Å². The first kappa shape index (κ1) is 38.0. The zero-order valence-electron chi connectivity index (χ0n) is 25.8. The Morgan fingerprint density at radius 1 is 0.632 bits per heavy atom. The van der Waals surface area contributed by atoms with Crippen molar-refractivity contribution in [3.63, 3.8) is 0 Å². The minimum absolute atomic E-state index is 0.116. The fourth-order valence-electron chi connectivity index (χ4n) is 4.24. The predicted octanol–water partition coefficient (Wildman–Crippen LogP) is 7.13. The van der Waals surface area contributed by atoms with Crippen molar-refractivity contribution < 1.29 is 37.2 Å². The molecule has 0 bridgehead atoms. The quantitative estimate of drug-likeness (QED) is 0.0583. The maximum absolute atomic E-state index is 12.1. The van der Waals surface area contributed by atoms with Gasteiger partial charge in [0.1, 0.15) is 25.4 Å². The Balaban J connectivity index is 3.74. The smallest absolute Gasteiger partial charge is 0.379 e. The summed E-state index contributed by atoms with van der Waals surface area (Å²) in [6.45, 7) is 3.89. The SMILES string of the molecule is CCCCCCCCCCCCCCCCCCOCC(OC)C(COP(=O)(O)OCC[N+](C)(C)C)OC. The van der Waals surface area contributed by atoms with Gasteiger partial charge in [-0.1, -0.05) is 103 Å². The molecule has 0 saturated heterocycles. The van der Waals surface area contributed by atoms with Crippen LogP contribution < -0.4 is 0 Å². The second-order valence-electron chi connectivity index (χ2n) is 11.5. The topological polar surface area (TPSA) is 83.5 Å². The number of rotatable bonds is 29. The van der Waals surface area contributed by atoms with Crippen molar-refractivity contribution in [2.45, 2.75) is 122 Å². The largest absolute Gasteiger partial charge is 0.472 e. The molecule has 0 aromatic heterocycles. The number of hydrogen-bond acceptors (Lipinski definition) is 6. The number of hydrogen-bond donors (Lipinski definition) is 1. The molecular formula is C29H63NO7P+. The molecule has 9 heteroatoms. The van der Waals surface area contributed by atoms with Crippen LogP contribution >= 0.6 is 7.82 Å². The van der Waals surface area contributed by atoms with Gasteiger partial charge in [-0.25, -0.2) is 4.57 Å². The summed E-state index contributed by atoms with van der Waals surface area (Å²) < 4.78 is 39.7. The Kier molecular flexibility index (Phi) is 24.7. The number of nitrogens with zero attached hydrogens (tertiary/aromatic N) is 1. The van der Waals surface area contributed by atoms with Crippen LogP contribution in [-0.2, 0) is 27.8 Å². The first-order chi connectivity index (χ1) is 18.1. The first-order valence-electron chi connectivity index (χ1n) is 15.2. The molecule has 1 N–H and O–H groups in total. The maximum Gasteiger partial charge on any atom is 0.472 e. The highest BCUT2D eigenvalue weighted by Crippen LogP contribution is 2.43. The van der Waals surface area contributed by atoms with E-state index >= 15 is 0 Å². The second kappa shape index (κ2) is 24.7. The molecule has 0 heterocycles. The fourth-order valence-corrected chi connectivity index (χ4v) is 4.96. The number of likely N-dealkylation sites (N-methyl/N-ethyl adjacent to an activating group) is 1. The normalized spacial score (nSPS) is 15.4. The van der Waals surface area contributed by atoms with Crippen LogP contribution in [0.5, 0.6) is 0 Å². The van der Waals surface area contributed by atoms with E-state index in [0.29, 0.717) is 24.2 Å². The van der Waals surface area contributed by atoms with Gasteiger partial charge in [-0.05, 0) is 6.42 Å². The zero-order chi connectivity index (χ0) is 28.5. The minimum atomic E-state index is -4.15. The molecule has 0 aliphatic rings. The molecule has 0 rings (SSSR count). The Morgan fingerprint density at radius 3 is 1.47 bits per heavy atom. The highest BCUT2D eigenvalue weighted by molar-refractivity contribution is 7.47. The van der Waals surface area contributed by atoms with E-state index in [0.717, 1.165) is 6.42 Å². The van der Waals surface area contributed by atoms with Crippen molar-refractivity contribution in [3.05, 3.63) is 0 Å². The van der Waals surface area contributed by atoms with E-state index < -0.39 is 20.0 Å².